The Balaban J connectivity index is 2.85. The fourth-order valence-electron chi connectivity index (χ4n) is 1.56. The van der Waals surface area contributed by atoms with Gasteiger partial charge in [0, 0.05) is 18.1 Å². The van der Waals surface area contributed by atoms with Crippen molar-refractivity contribution in [2.45, 2.75) is 38.9 Å². The van der Waals surface area contributed by atoms with Gasteiger partial charge in [0.15, 0.2) is 0 Å². The molecule has 4 N–H and O–H groups in total. The van der Waals surface area contributed by atoms with Gasteiger partial charge >= 0.3 is 0 Å². The second-order valence-electron chi connectivity index (χ2n) is 3.68. The van der Waals surface area contributed by atoms with Crippen molar-refractivity contribution < 1.29 is 0 Å². The molecule has 0 saturated carbocycles. The fraction of sp³-hybridized carbons (Fsp3) is 0.875. The Labute approximate surface area is 67.9 Å². The van der Waals surface area contributed by atoms with Crippen molar-refractivity contribution in [3.05, 3.63) is 0 Å². The highest BCUT2D eigenvalue weighted by Crippen LogP contribution is 2.24. The summed E-state index contributed by atoms with van der Waals surface area (Å²) in [6, 6.07) is 0.263. The molecule has 0 aromatic heterocycles. The minimum Gasteiger partial charge on any atom is -0.313 e. The molecule has 0 aromatic rings. The molecular formula is C8H17N3. The Morgan fingerprint density at radius 2 is 2.00 bits per heavy atom. The molecule has 0 radical (unpaired) electrons. The summed E-state index contributed by atoms with van der Waals surface area (Å²) in [5, 5.41) is 0. The standard InChI is InChI=1S/C8H17N3/c1-5-4-8(9,10)6(2)7(3)11-5/h6-7H,4,9-10H2,1-3H3. The van der Waals surface area contributed by atoms with E-state index in [1.54, 1.807) is 0 Å². The lowest BCUT2D eigenvalue weighted by Gasteiger charge is -2.37. The van der Waals surface area contributed by atoms with Crippen LogP contribution in [0.25, 0.3) is 0 Å². The zero-order chi connectivity index (χ0) is 8.65. The summed E-state index contributed by atoms with van der Waals surface area (Å²) in [5.74, 6) is 0.270. The molecule has 1 aliphatic rings. The molecule has 2 atom stereocenters. The van der Waals surface area contributed by atoms with E-state index in [-0.39, 0.29) is 12.0 Å². The largest absolute Gasteiger partial charge is 0.313 e. The normalized spacial score (nSPS) is 36.6. The first kappa shape index (κ1) is 8.68. The van der Waals surface area contributed by atoms with Gasteiger partial charge in [-0.3, -0.25) is 4.99 Å². The number of aliphatic imine (C=N–C) groups is 1. The van der Waals surface area contributed by atoms with Crippen molar-refractivity contribution >= 4 is 5.71 Å². The molecule has 64 valence electrons. The van der Waals surface area contributed by atoms with Gasteiger partial charge < -0.3 is 11.5 Å². The van der Waals surface area contributed by atoms with Crippen molar-refractivity contribution in [2.24, 2.45) is 22.4 Å². The third-order valence-corrected chi connectivity index (χ3v) is 2.56. The maximum atomic E-state index is 5.90. The van der Waals surface area contributed by atoms with Gasteiger partial charge in [0.05, 0.1) is 11.7 Å². The number of hydrogen-bond donors (Lipinski definition) is 2. The molecule has 0 aromatic carbocycles. The second-order valence-corrected chi connectivity index (χ2v) is 3.68. The molecule has 1 aliphatic heterocycles. The minimum atomic E-state index is -0.550. The van der Waals surface area contributed by atoms with E-state index in [2.05, 4.69) is 18.8 Å². The predicted molar refractivity (Wildman–Crippen MR) is 47.5 cm³/mol. The Morgan fingerprint density at radius 1 is 1.45 bits per heavy atom. The lowest BCUT2D eigenvalue weighted by Crippen LogP contribution is -2.60. The topological polar surface area (TPSA) is 64.4 Å². The number of nitrogens with zero attached hydrogens (tertiary/aromatic N) is 1. The lowest BCUT2D eigenvalue weighted by atomic mass is 9.83. The molecule has 3 nitrogen and oxygen atoms in total. The predicted octanol–water partition coefficient (Wildman–Crippen LogP) is 0.489. The smallest absolute Gasteiger partial charge is 0.0736 e. The van der Waals surface area contributed by atoms with Gasteiger partial charge in [-0.05, 0) is 13.8 Å². The van der Waals surface area contributed by atoms with Crippen LogP contribution in [0.2, 0.25) is 0 Å². The fourth-order valence-corrected chi connectivity index (χ4v) is 1.56. The van der Waals surface area contributed by atoms with Crippen molar-refractivity contribution in [2.75, 3.05) is 0 Å². The van der Waals surface area contributed by atoms with E-state index in [1.165, 1.54) is 0 Å². The Morgan fingerprint density at radius 3 is 2.45 bits per heavy atom. The first-order chi connectivity index (χ1) is 4.93. The average molecular weight is 155 g/mol. The van der Waals surface area contributed by atoms with Gasteiger partial charge in [-0.1, -0.05) is 6.92 Å². The molecule has 0 amide bonds. The van der Waals surface area contributed by atoms with Crippen molar-refractivity contribution in [3.8, 4) is 0 Å². The van der Waals surface area contributed by atoms with Gasteiger partial charge in [-0.2, -0.15) is 0 Å². The maximum Gasteiger partial charge on any atom is 0.0736 e. The molecule has 1 heterocycles. The Hall–Kier alpha value is -0.410. The minimum absolute atomic E-state index is 0.263. The zero-order valence-corrected chi connectivity index (χ0v) is 7.46. The molecule has 0 aliphatic carbocycles. The second kappa shape index (κ2) is 2.57. The lowest BCUT2D eigenvalue weighted by molar-refractivity contribution is 0.259. The van der Waals surface area contributed by atoms with Crippen LogP contribution < -0.4 is 11.5 Å². The third kappa shape index (κ3) is 1.60. The van der Waals surface area contributed by atoms with Gasteiger partial charge in [-0.15, -0.1) is 0 Å². The molecule has 11 heavy (non-hydrogen) atoms. The van der Waals surface area contributed by atoms with Crippen molar-refractivity contribution in [1.82, 2.24) is 0 Å². The highest BCUT2D eigenvalue weighted by molar-refractivity contribution is 5.83. The summed E-state index contributed by atoms with van der Waals surface area (Å²) in [6.45, 7) is 6.10. The van der Waals surface area contributed by atoms with E-state index in [1.807, 2.05) is 6.92 Å². The molecule has 1 rings (SSSR count). The maximum absolute atomic E-state index is 5.90. The summed E-state index contributed by atoms with van der Waals surface area (Å²) in [4.78, 5) is 4.42. The van der Waals surface area contributed by atoms with Crippen LogP contribution in [-0.2, 0) is 0 Å². The molecular weight excluding hydrogens is 138 g/mol. The van der Waals surface area contributed by atoms with Gasteiger partial charge in [0.2, 0.25) is 0 Å². The monoisotopic (exact) mass is 155 g/mol. The van der Waals surface area contributed by atoms with E-state index >= 15 is 0 Å². The van der Waals surface area contributed by atoms with Crippen LogP contribution in [0.3, 0.4) is 0 Å². The van der Waals surface area contributed by atoms with Crippen LogP contribution in [0.5, 0.6) is 0 Å². The van der Waals surface area contributed by atoms with E-state index < -0.39 is 5.66 Å². The SMILES string of the molecule is CC1=NC(C)C(C)C(N)(N)C1. The Kier molecular flexibility index (Phi) is 2.03. The summed E-state index contributed by atoms with van der Waals surface area (Å²) in [5.41, 5.74) is 12.3. The molecule has 2 unspecified atom stereocenters. The number of hydrogen-bond acceptors (Lipinski definition) is 3. The van der Waals surface area contributed by atoms with Gasteiger partial charge in [0.1, 0.15) is 0 Å². The molecule has 0 spiro atoms. The zero-order valence-electron chi connectivity index (χ0n) is 7.46. The highest BCUT2D eigenvalue weighted by Gasteiger charge is 2.35. The van der Waals surface area contributed by atoms with Crippen molar-refractivity contribution in [3.63, 3.8) is 0 Å². The van der Waals surface area contributed by atoms with Crippen LogP contribution in [0.1, 0.15) is 27.2 Å². The average Bonchev–Trinajstić information content (AvgIpc) is 1.81. The van der Waals surface area contributed by atoms with Crippen LogP contribution in [0, 0.1) is 5.92 Å². The summed E-state index contributed by atoms with van der Waals surface area (Å²) in [7, 11) is 0. The number of rotatable bonds is 0. The number of nitrogens with two attached hydrogens (primary N) is 2. The van der Waals surface area contributed by atoms with Crippen molar-refractivity contribution in [1.29, 1.82) is 0 Å². The van der Waals surface area contributed by atoms with Gasteiger partial charge in [-0.25, -0.2) is 0 Å². The van der Waals surface area contributed by atoms with Crippen LogP contribution in [0.15, 0.2) is 4.99 Å². The van der Waals surface area contributed by atoms with Crippen LogP contribution in [-0.4, -0.2) is 17.4 Å². The first-order valence-corrected chi connectivity index (χ1v) is 4.04. The van der Waals surface area contributed by atoms with Crippen LogP contribution >= 0.6 is 0 Å². The molecule has 0 bridgehead atoms. The summed E-state index contributed by atoms with van der Waals surface area (Å²) < 4.78 is 0. The van der Waals surface area contributed by atoms with Crippen LogP contribution in [0.4, 0.5) is 0 Å². The quantitative estimate of drug-likeness (QED) is 0.500. The third-order valence-electron chi connectivity index (χ3n) is 2.56. The highest BCUT2D eigenvalue weighted by atomic mass is 15.0. The first-order valence-electron chi connectivity index (χ1n) is 4.04. The van der Waals surface area contributed by atoms with E-state index in [0.717, 1.165) is 12.1 Å². The van der Waals surface area contributed by atoms with Gasteiger partial charge in [0.25, 0.3) is 0 Å². The Bertz CT molecular complexity index is 184. The molecule has 0 saturated heterocycles. The summed E-state index contributed by atoms with van der Waals surface area (Å²) >= 11 is 0. The molecule has 0 fully saturated rings. The molecule has 3 heteroatoms. The van der Waals surface area contributed by atoms with E-state index in [0.29, 0.717) is 0 Å². The van der Waals surface area contributed by atoms with E-state index in [4.69, 9.17) is 11.5 Å². The van der Waals surface area contributed by atoms with E-state index in [9.17, 15) is 0 Å². The summed E-state index contributed by atoms with van der Waals surface area (Å²) in [6.07, 6.45) is 0.721.